The summed E-state index contributed by atoms with van der Waals surface area (Å²) in [5, 5.41) is 14.8. The highest BCUT2D eigenvalue weighted by molar-refractivity contribution is 6.33. The van der Waals surface area contributed by atoms with E-state index in [1.165, 1.54) is 6.07 Å². The fourth-order valence-electron chi connectivity index (χ4n) is 2.92. The number of benzene rings is 1. The Kier molecular flexibility index (Phi) is 6.17. The molecule has 1 aromatic rings. The molecule has 8 heteroatoms. The van der Waals surface area contributed by atoms with E-state index in [1.54, 1.807) is 0 Å². The quantitative estimate of drug-likeness (QED) is 0.763. The molecule has 0 heterocycles. The monoisotopic (exact) mass is 373 g/mol. The maximum absolute atomic E-state index is 12.6. The van der Waals surface area contributed by atoms with Crippen LogP contribution in [0.25, 0.3) is 0 Å². The van der Waals surface area contributed by atoms with Crippen molar-refractivity contribution in [1.29, 1.82) is 5.26 Å². The maximum atomic E-state index is 12.6. The molecule has 0 unspecified atom stereocenters. The zero-order valence-electron chi connectivity index (χ0n) is 13.5. The molecule has 2 N–H and O–H groups in total. The van der Waals surface area contributed by atoms with Crippen LogP contribution in [0.3, 0.4) is 0 Å². The van der Waals surface area contributed by atoms with Gasteiger partial charge in [-0.05, 0) is 31.0 Å². The van der Waals surface area contributed by atoms with Crippen LogP contribution in [0.5, 0.6) is 0 Å². The molecule has 2 rings (SSSR count). The summed E-state index contributed by atoms with van der Waals surface area (Å²) < 4.78 is 37.8. The number of amides is 1. The number of nitrogens with one attached hydrogen (secondary N) is 2. The second-order valence-electron chi connectivity index (χ2n) is 6.20. The first-order valence-corrected chi connectivity index (χ1v) is 8.46. The number of nitrogens with zero attached hydrogens (tertiary/aromatic N) is 1. The Bertz CT molecular complexity index is 662. The van der Waals surface area contributed by atoms with E-state index in [0.717, 1.165) is 37.8 Å². The highest BCUT2D eigenvalue weighted by Gasteiger charge is 2.33. The van der Waals surface area contributed by atoms with E-state index >= 15 is 0 Å². The minimum atomic E-state index is -4.47. The van der Waals surface area contributed by atoms with Crippen LogP contribution in [-0.2, 0) is 11.0 Å². The fraction of sp³-hybridized carbons (Fsp3) is 0.529. The molecular formula is C17H19ClF3N3O. The van der Waals surface area contributed by atoms with Gasteiger partial charge in [0, 0.05) is 0 Å². The van der Waals surface area contributed by atoms with Crippen molar-refractivity contribution in [2.45, 2.75) is 50.2 Å². The van der Waals surface area contributed by atoms with E-state index in [-0.39, 0.29) is 23.2 Å². The van der Waals surface area contributed by atoms with Crippen LogP contribution < -0.4 is 10.6 Å². The van der Waals surface area contributed by atoms with E-state index in [1.807, 2.05) is 0 Å². The summed E-state index contributed by atoms with van der Waals surface area (Å²) in [6.07, 6.45) is 0.584. The van der Waals surface area contributed by atoms with Gasteiger partial charge < -0.3 is 10.6 Å². The number of carbonyl (C=O) groups is 1. The Labute approximate surface area is 149 Å². The molecule has 0 bridgehead atoms. The molecule has 0 radical (unpaired) electrons. The molecular weight excluding hydrogens is 355 g/mol. The van der Waals surface area contributed by atoms with Gasteiger partial charge in [0.25, 0.3) is 0 Å². The lowest BCUT2D eigenvalue weighted by Gasteiger charge is -2.26. The van der Waals surface area contributed by atoms with Gasteiger partial charge in [-0.2, -0.15) is 18.4 Å². The fourth-order valence-corrected chi connectivity index (χ4v) is 3.17. The number of halogens is 4. The second kappa shape index (κ2) is 7.96. The van der Waals surface area contributed by atoms with Crippen molar-refractivity contribution in [3.05, 3.63) is 28.8 Å². The molecule has 1 aliphatic carbocycles. The number of hydrogen-bond donors (Lipinski definition) is 2. The lowest BCUT2D eigenvalue weighted by atomic mass is 9.92. The Balaban J connectivity index is 1.97. The predicted molar refractivity (Wildman–Crippen MR) is 89.1 cm³/mol. The molecule has 4 nitrogen and oxygen atoms in total. The SMILES string of the molecule is N#CC1(NC(=O)CNc2ccc(C(F)(F)F)cc2Cl)CCCCCC1. The van der Waals surface area contributed by atoms with Crippen molar-refractivity contribution in [3.63, 3.8) is 0 Å². The third kappa shape index (κ3) is 5.27. The average Bonchev–Trinajstić information content (AvgIpc) is 2.79. The molecule has 1 aliphatic rings. The summed E-state index contributed by atoms with van der Waals surface area (Å²) >= 11 is 5.84. The lowest BCUT2D eigenvalue weighted by Crippen LogP contribution is -2.48. The molecule has 1 aromatic carbocycles. The van der Waals surface area contributed by atoms with Crippen molar-refractivity contribution in [3.8, 4) is 6.07 Å². The summed E-state index contributed by atoms with van der Waals surface area (Å²) in [4.78, 5) is 12.2. The Morgan fingerprint density at radius 2 is 1.88 bits per heavy atom. The highest BCUT2D eigenvalue weighted by Crippen LogP contribution is 2.33. The third-order valence-electron chi connectivity index (χ3n) is 4.29. The van der Waals surface area contributed by atoms with Gasteiger partial charge in [-0.15, -0.1) is 0 Å². The topological polar surface area (TPSA) is 64.9 Å². The number of alkyl halides is 3. The molecule has 0 spiro atoms. The van der Waals surface area contributed by atoms with E-state index in [2.05, 4.69) is 16.7 Å². The zero-order valence-corrected chi connectivity index (χ0v) is 14.3. The standard InChI is InChI=1S/C17H19ClF3N3O/c18-13-9-12(17(19,20)21)5-6-14(13)23-10-15(25)24-16(11-22)7-3-1-2-4-8-16/h5-6,9,23H,1-4,7-8,10H2,(H,24,25). The van der Waals surface area contributed by atoms with Gasteiger partial charge in [0.05, 0.1) is 28.9 Å². The van der Waals surface area contributed by atoms with Crippen LogP contribution in [0, 0.1) is 11.3 Å². The average molecular weight is 374 g/mol. The minimum absolute atomic E-state index is 0.118. The third-order valence-corrected chi connectivity index (χ3v) is 4.60. The summed E-state index contributed by atoms with van der Waals surface area (Å²) in [7, 11) is 0. The molecule has 25 heavy (non-hydrogen) atoms. The number of hydrogen-bond acceptors (Lipinski definition) is 3. The van der Waals surface area contributed by atoms with Crippen LogP contribution in [0.15, 0.2) is 18.2 Å². The number of rotatable bonds is 4. The minimum Gasteiger partial charge on any atom is -0.375 e. The zero-order chi connectivity index (χ0) is 18.5. The van der Waals surface area contributed by atoms with Gasteiger partial charge >= 0.3 is 6.18 Å². The lowest BCUT2D eigenvalue weighted by molar-refractivity contribution is -0.137. The molecule has 1 fully saturated rings. The molecule has 136 valence electrons. The van der Waals surface area contributed by atoms with Crippen LogP contribution in [0.4, 0.5) is 18.9 Å². The maximum Gasteiger partial charge on any atom is 0.416 e. The van der Waals surface area contributed by atoms with Gasteiger partial charge in [-0.3, -0.25) is 4.79 Å². The van der Waals surface area contributed by atoms with Crippen molar-refractivity contribution in [2.75, 3.05) is 11.9 Å². The van der Waals surface area contributed by atoms with Gasteiger partial charge in [0.2, 0.25) is 5.91 Å². The Morgan fingerprint density at radius 3 is 2.40 bits per heavy atom. The molecule has 0 aliphatic heterocycles. The van der Waals surface area contributed by atoms with Crippen molar-refractivity contribution in [2.24, 2.45) is 0 Å². The molecule has 0 saturated heterocycles. The predicted octanol–water partition coefficient (Wildman–Crippen LogP) is 4.50. The number of nitriles is 1. The molecule has 0 aromatic heterocycles. The highest BCUT2D eigenvalue weighted by atomic mass is 35.5. The van der Waals surface area contributed by atoms with Crippen molar-refractivity contribution in [1.82, 2.24) is 5.32 Å². The Morgan fingerprint density at radius 1 is 1.24 bits per heavy atom. The van der Waals surface area contributed by atoms with Gasteiger partial charge in [-0.1, -0.05) is 37.3 Å². The van der Waals surface area contributed by atoms with Crippen LogP contribution in [0.1, 0.15) is 44.1 Å². The Hall–Kier alpha value is -1.94. The first-order chi connectivity index (χ1) is 11.8. The first kappa shape index (κ1) is 19.4. The van der Waals surface area contributed by atoms with E-state index in [4.69, 9.17) is 11.6 Å². The van der Waals surface area contributed by atoms with E-state index in [0.29, 0.717) is 12.8 Å². The van der Waals surface area contributed by atoms with E-state index < -0.39 is 17.3 Å². The summed E-state index contributed by atoms with van der Waals surface area (Å²) in [6.45, 7) is -0.172. The molecule has 0 atom stereocenters. The van der Waals surface area contributed by atoms with Gasteiger partial charge in [0.1, 0.15) is 5.54 Å². The van der Waals surface area contributed by atoms with Crippen LogP contribution in [0.2, 0.25) is 5.02 Å². The largest absolute Gasteiger partial charge is 0.416 e. The van der Waals surface area contributed by atoms with Crippen LogP contribution >= 0.6 is 11.6 Å². The van der Waals surface area contributed by atoms with Gasteiger partial charge in [-0.25, -0.2) is 0 Å². The number of carbonyl (C=O) groups excluding carboxylic acids is 1. The van der Waals surface area contributed by atoms with Crippen molar-refractivity contribution < 1.29 is 18.0 Å². The molecule has 1 amide bonds. The molecule has 1 saturated carbocycles. The normalized spacial score (nSPS) is 17.2. The summed E-state index contributed by atoms with van der Waals surface area (Å²) in [5.41, 5.74) is -1.48. The summed E-state index contributed by atoms with van der Waals surface area (Å²) in [5.74, 6) is -0.389. The van der Waals surface area contributed by atoms with E-state index in [9.17, 15) is 23.2 Å². The van der Waals surface area contributed by atoms with Crippen molar-refractivity contribution >= 4 is 23.2 Å². The van der Waals surface area contributed by atoms with Gasteiger partial charge in [0.15, 0.2) is 0 Å². The second-order valence-corrected chi connectivity index (χ2v) is 6.61. The number of anilines is 1. The smallest absolute Gasteiger partial charge is 0.375 e. The summed E-state index contributed by atoms with van der Waals surface area (Å²) in [6, 6.07) is 5.10. The van der Waals surface area contributed by atoms with Crippen LogP contribution in [-0.4, -0.2) is 18.0 Å². The first-order valence-electron chi connectivity index (χ1n) is 8.09.